The summed E-state index contributed by atoms with van der Waals surface area (Å²) in [5.74, 6) is 0.0497. The molecule has 0 radical (unpaired) electrons. The normalized spacial score (nSPS) is 15.1. The molecule has 3 rings (SSSR count). The van der Waals surface area contributed by atoms with Gasteiger partial charge in [0, 0.05) is 49.4 Å². The van der Waals surface area contributed by atoms with Crippen LogP contribution >= 0.6 is 0 Å². The van der Waals surface area contributed by atoms with E-state index < -0.39 is 0 Å². The number of hydrogen-bond acceptors (Lipinski definition) is 7. The number of allylic oxidation sites excluding steroid dienone is 4. The highest BCUT2D eigenvalue weighted by atomic mass is 16.5. The van der Waals surface area contributed by atoms with Crippen LogP contribution in [0.3, 0.4) is 0 Å². The zero-order chi connectivity index (χ0) is 36.9. The van der Waals surface area contributed by atoms with E-state index in [0.29, 0.717) is 19.0 Å². The van der Waals surface area contributed by atoms with Crippen molar-refractivity contribution < 1.29 is 14.6 Å². The van der Waals surface area contributed by atoms with Gasteiger partial charge in [-0.05, 0) is 115 Å². The first-order valence-corrected chi connectivity index (χ1v) is 18.5. The zero-order valence-electron chi connectivity index (χ0n) is 32.1. The molecule has 1 aliphatic carbocycles. The van der Waals surface area contributed by atoms with Gasteiger partial charge in [-0.15, -0.1) is 13.2 Å². The van der Waals surface area contributed by atoms with Crippen molar-refractivity contribution in [3.63, 3.8) is 0 Å². The molecule has 49 heavy (non-hydrogen) atoms. The number of unbranched alkanes of at least 4 members (excludes halogenated alkanes) is 1. The van der Waals surface area contributed by atoms with Crippen molar-refractivity contribution in [2.24, 2.45) is 0 Å². The number of carbonyl (C=O) groups is 1. The van der Waals surface area contributed by atoms with Crippen molar-refractivity contribution in [2.45, 2.75) is 118 Å². The Labute approximate surface area is 300 Å². The molecule has 1 aromatic rings. The zero-order valence-corrected chi connectivity index (χ0v) is 32.1. The average molecular weight is 682 g/mol. The predicted molar refractivity (Wildman–Crippen MR) is 213 cm³/mol. The van der Waals surface area contributed by atoms with Gasteiger partial charge in [0.1, 0.15) is 0 Å². The lowest BCUT2D eigenvalue weighted by Crippen LogP contribution is -2.36. The first-order chi connectivity index (χ1) is 23.6. The number of anilines is 1. The SMILES string of the molecule is C=CC.C=CCCCN1CCOCC1.CC/C(C)=C(\CNC)C(=O)NC(C)C.CC/C=C/c1cc(CO)c(CC=N)c(NC2CCCC2)c1. The number of amides is 1. The summed E-state index contributed by atoms with van der Waals surface area (Å²) in [4.78, 5) is 14.2. The number of nitrogens with zero attached hydrogens (tertiary/aromatic N) is 1. The maximum Gasteiger partial charge on any atom is 0.248 e. The molecule has 1 aromatic carbocycles. The number of aliphatic hydroxyl groups excluding tert-OH is 1. The lowest BCUT2D eigenvalue weighted by Gasteiger charge is -2.26. The summed E-state index contributed by atoms with van der Waals surface area (Å²) in [6.07, 6.45) is 19.3. The molecule has 278 valence electrons. The highest BCUT2D eigenvalue weighted by molar-refractivity contribution is 5.94. The van der Waals surface area contributed by atoms with Crippen LogP contribution in [0.2, 0.25) is 0 Å². The standard InChI is InChI=1S/C18H26N2O.C11H22N2O.C9H17NO.C3H6/c1-2-3-6-14-11-15(13-21)17(9-10-19)18(12-14)20-16-7-4-5-8-16;1-6-9(4)10(7-12-5)11(14)13-8(2)3;1-2-3-4-5-10-6-8-11-9-7-10;1-3-2/h3,6,10-12,16,19-21H,2,4-5,7-9,13H2,1H3;8,12H,6-7H2,1-5H3,(H,13,14);2H,1,3-9H2;3H,1H2,2H3/b6-3+,19-10?;10-9+;;. The smallest absolute Gasteiger partial charge is 0.248 e. The maximum absolute atomic E-state index is 11.7. The van der Waals surface area contributed by atoms with Crippen molar-refractivity contribution in [3.8, 4) is 0 Å². The Morgan fingerprint density at radius 1 is 1.16 bits per heavy atom. The molecule has 0 unspecified atom stereocenters. The minimum absolute atomic E-state index is 0.0241. The fraction of sp³-hybridized carbons (Fsp3) is 0.610. The molecule has 0 bridgehead atoms. The second-order valence-corrected chi connectivity index (χ2v) is 12.8. The third-order valence-electron chi connectivity index (χ3n) is 8.18. The third kappa shape index (κ3) is 20.9. The number of benzene rings is 1. The van der Waals surface area contributed by atoms with Crippen molar-refractivity contribution >= 4 is 23.9 Å². The number of morpholine rings is 1. The molecular weight excluding hydrogens is 610 g/mol. The largest absolute Gasteiger partial charge is 0.392 e. The third-order valence-corrected chi connectivity index (χ3v) is 8.18. The van der Waals surface area contributed by atoms with Crippen LogP contribution in [0.15, 0.2) is 54.7 Å². The summed E-state index contributed by atoms with van der Waals surface area (Å²) < 4.78 is 5.24. The first kappa shape index (κ1) is 46.0. The minimum Gasteiger partial charge on any atom is -0.392 e. The van der Waals surface area contributed by atoms with Crippen molar-refractivity contribution in [3.05, 3.63) is 71.4 Å². The molecule has 0 spiro atoms. The Bertz CT molecular complexity index is 1120. The number of aliphatic hydroxyl groups is 1. The summed E-state index contributed by atoms with van der Waals surface area (Å²) in [5.41, 5.74) is 6.22. The molecule has 1 saturated heterocycles. The molecule has 1 heterocycles. The van der Waals surface area contributed by atoms with Gasteiger partial charge in [-0.2, -0.15) is 0 Å². The summed E-state index contributed by atoms with van der Waals surface area (Å²) in [5, 5.41) is 26.6. The van der Waals surface area contributed by atoms with E-state index >= 15 is 0 Å². The first-order valence-electron chi connectivity index (χ1n) is 18.5. The molecule has 0 atom stereocenters. The highest BCUT2D eigenvalue weighted by Gasteiger charge is 2.17. The molecule has 2 aliphatic rings. The topological polar surface area (TPSA) is 110 Å². The molecule has 2 fully saturated rings. The Morgan fingerprint density at radius 2 is 1.82 bits per heavy atom. The average Bonchev–Trinajstić information content (AvgIpc) is 3.61. The number of nitrogens with one attached hydrogen (secondary N) is 4. The highest BCUT2D eigenvalue weighted by Crippen LogP contribution is 2.28. The van der Waals surface area contributed by atoms with E-state index in [1.165, 1.54) is 44.9 Å². The van der Waals surface area contributed by atoms with Crippen molar-refractivity contribution in [1.29, 1.82) is 5.41 Å². The Morgan fingerprint density at radius 3 is 2.33 bits per heavy atom. The second kappa shape index (κ2) is 29.8. The van der Waals surface area contributed by atoms with Crippen LogP contribution in [-0.2, 0) is 22.6 Å². The van der Waals surface area contributed by atoms with Gasteiger partial charge >= 0.3 is 0 Å². The fourth-order valence-electron chi connectivity index (χ4n) is 5.46. The predicted octanol–water partition coefficient (Wildman–Crippen LogP) is 8.08. The van der Waals surface area contributed by atoms with Gasteiger partial charge in [-0.3, -0.25) is 9.69 Å². The molecule has 8 heteroatoms. The van der Waals surface area contributed by atoms with Crippen LogP contribution in [0, 0.1) is 5.41 Å². The van der Waals surface area contributed by atoms with Gasteiger partial charge in [0.2, 0.25) is 5.91 Å². The van der Waals surface area contributed by atoms with Crippen LogP contribution in [0.1, 0.15) is 110 Å². The van der Waals surface area contributed by atoms with E-state index in [4.69, 9.17) is 10.1 Å². The van der Waals surface area contributed by atoms with E-state index in [1.54, 1.807) is 6.08 Å². The van der Waals surface area contributed by atoms with Gasteiger partial charge in [0.15, 0.2) is 0 Å². The van der Waals surface area contributed by atoms with E-state index in [2.05, 4.69) is 66.1 Å². The van der Waals surface area contributed by atoms with Gasteiger partial charge in [-0.25, -0.2) is 0 Å². The van der Waals surface area contributed by atoms with Crippen LogP contribution < -0.4 is 16.0 Å². The van der Waals surface area contributed by atoms with E-state index in [1.807, 2.05) is 46.9 Å². The molecule has 8 nitrogen and oxygen atoms in total. The molecule has 5 N–H and O–H groups in total. The number of likely N-dealkylation sites (N-methyl/N-ethyl adjacent to an activating group) is 1. The summed E-state index contributed by atoms with van der Waals surface area (Å²) >= 11 is 0. The monoisotopic (exact) mass is 682 g/mol. The van der Waals surface area contributed by atoms with Crippen LogP contribution in [0.4, 0.5) is 5.69 Å². The van der Waals surface area contributed by atoms with Gasteiger partial charge in [0.05, 0.1) is 19.8 Å². The number of hydrogen-bond donors (Lipinski definition) is 5. The number of rotatable bonds is 16. The van der Waals surface area contributed by atoms with Crippen LogP contribution in [0.5, 0.6) is 0 Å². The van der Waals surface area contributed by atoms with E-state index in [9.17, 15) is 9.90 Å². The maximum atomic E-state index is 11.7. The fourth-order valence-corrected chi connectivity index (χ4v) is 5.46. The summed E-state index contributed by atoms with van der Waals surface area (Å²) in [7, 11) is 1.85. The minimum atomic E-state index is 0.0241. The molecule has 0 aromatic heterocycles. The molecule has 1 saturated carbocycles. The quantitative estimate of drug-likeness (QED) is 0.0523. The van der Waals surface area contributed by atoms with Crippen LogP contribution in [-0.4, -0.2) is 80.7 Å². The molecule has 1 aliphatic heterocycles. The van der Waals surface area contributed by atoms with Crippen molar-refractivity contribution in [2.75, 3.05) is 51.8 Å². The lowest BCUT2D eigenvalue weighted by atomic mass is 9.98. The van der Waals surface area contributed by atoms with Crippen molar-refractivity contribution in [1.82, 2.24) is 15.5 Å². The molecule has 1 amide bonds. The number of ether oxygens (including phenoxy) is 1. The van der Waals surface area contributed by atoms with Gasteiger partial charge < -0.3 is 31.2 Å². The Kier molecular flexibility index (Phi) is 28.0. The van der Waals surface area contributed by atoms with Gasteiger partial charge in [-0.1, -0.05) is 56.6 Å². The second-order valence-electron chi connectivity index (χ2n) is 12.8. The number of carbonyl (C=O) groups excluding carboxylic acids is 1. The lowest BCUT2D eigenvalue weighted by molar-refractivity contribution is -0.118. The Hall–Kier alpha value is -3.04. The Balaban J connectivity index is 0.000000715. The van der Waals surface area contributed by atoms with Crippen LogP contribution in [0.25, 0.3) is 6.08 Å². The van der Waals surface area contributed by atoms with E-state index in [0.717, 1.165) is 79.1 Å². The molecular formula is C41H71N5O3. The summed E-state index contributed by atoms with van der Waals surface area (Å²) in [6.45, 7) is 25.0. The van der Waals surface area contributed by atoms with E-state index in [-0.39, 0.29) is 18.6 Å². The summed E-state index contributed by atoms with van der Waals surface area (Å²) in [6, 6.07) is 4.92. The van der Waals surface area contributed by atoms with Gasteiger partial charge in [0.25, 0.3) is 0 Å².